The molecule has 0 spiro atoms. The molecule has 2 atom stereocenters. The largest absolute Gasteiger partial charge is 0.337 e. The van der Waals surface area contributed by atoms with Gasteiger partial charge in [-0.15, -0.1) is 29.9 Å². The van der Waals surface area contributed by atoms with E-state index < -0.39 is 0 Å². The molecule has 7 nitrogen and oxygen atoms in total. The number of aromatic nitrogens is 4. The average Bonchev–Trinajstić information content (AvgIpc) is 3.28. The van der Waals surface area contributed by atoms with E-state index in [-0.39, 0.29) is 30.7 Å². The smallest absolute Gasteiger partial charge is 0.276 e. The van der Waals surface area contributed by atoms with Crippen LogP contribution in [0.1, 0.15) is 29.0 Å². The summed E-state index contributed by atoms with van der Waals surface area (Å²) in [5.41, 5.74) is 3.01. The second-order valence-electron chi connectivity index (χ2n) is 7.83. The molecule has 0 unspecified atom stereocenters. The Hall–Kier alpha value is -2.22. The van der Waals surface area contributed by atoms with Gasteiger partial charge in [0.1, 0.15) is 0 Å². The first-order valence-electron chi connectivity index (χ1n) is 9.99. The van der Waals surface area contributed by atoms with Gasteiger partial charge in [0.05, 0.1) is 16.9 Å². The van der Waals surface area contributed by atoms with Crippen LogP contribution in [0, 0.1) is 18.8 Å². The molecule has 1 amide bonds. The number of nitrogens with one attached hydrogen (secondary N) is 1. The summed E-state index contributed by atoms with van der Waals surface area (Å²) >= 11 is 0. The highest BCUT2D eigenvalue weighted by atomic mass is 35.5. The van der Waals surface area contributed by atoms with Crippen LogP contribution in [0.2, 0.25) is 0 Å². The molecule has 0 saturated carbocycles. The summed E-state index contributed by atoms with van der Waals surface area (Å²) in [6.07, 6.45) is 3.90. The second-order valence-corrected chi connectivity index (χ2v) is 7.83. The molecule has 160 valence electrons. The SMILES string of the molecule is Cc1c(C(=O)N2CC[C@@H]3CNC[C@@H]3CC2)nnn1-c1cccc2ncccc12.Cl.Cl. The fourth-order valence-corrected chi connectivity index (χ4v) is 4.60. The Morgan fingerprint density at radius 3 is 2.53 bits per heavy atom. The third-order valence-corrected chi connectivity index (χ3v) is 6.25. The van der Waals surface area contributed by atoms with E-state index in [2.05, 4.69) is 20.6 Å². The van der Waals surface area contributed by atoms with E-state index in [1.54, 1.807) is 10.9 Å². The number of fused-ring (bicyclic) bond motifs is 2. The monoisotopic (exact) mass is 448 g/mol. The molecule has 0 bridgehead atoms. The topological polar surface area (TPSA) is 75.9 Å². The number of pyridine rings is 1. The fourth-order valence-electron chi connectivity index (χ4n) is 4.60. The molecule has 1 aromatic carbocycles. The van der Waals surface area contributed by atoms with Crippen molar-refractivity contribution < 1.29 is 4.79 Å². The maximum atomic E-state index is 13.2. The minimum Gasteiger partial charge on any atom is -0.337 e. The first-order chi connectivity index (χ1) is 13.7. The third-order valence-electron chi connectivity index (χ3n) is 6.25. The quantitative estimate of drug-likeness (QED) is 0.651. The number of likely N-dealkylation sites (tertiary alicyclic amines) is 1. The number of hydrogen-bond donors (Lipinski definition) is 1. The first kappa shape index (κ1) is 22.5. The van der Waals surface area contributed by atoms with Gasteiger partial charge in [-0.3, -0.25) is 9.78 Å². The van der Waals surface area contributed by atoms with Gasteiger partial charge in [-0.1, -0.05) is 11.3 Å². The van der Waals surface area contributed by atoms with Crippen molar-refractivity contribution in [3.63, 3.8) is 0 Å². The number of carbonyl (C=O) groups is 1. The molecule has 0 radical (unpaired) electrons. The van der Waals surface area contributed by atoms with Crippen LogP contribution in [0.15, 0.2) is 36.5 Å². The summed E-state index contributed by atoms with van der Waals surface area (Å²) in [4.78, 5) is 19.6. The zero-order valence-corrected chi connectivity index (χ0v) is 18.5. The minimum atomic E-state index is -0.00459. The van der Waals surface area contributed by atoms with E-state index >= 15 is 0 Å². The Kier molecular flexibility index (Phi) is 6.95. The highest BCUT2D eigenvalue weighted by molar-refractivity contribution is 5.94. The van der Waals surface area contributed by atoms with Crippen molar-refractivity contribution in [1.82, 2.24) is 30.2 Å². The van der Waals surface area contributed by atoms with Crippen molar-refractivity contribution in [2.24, 2.45) is 11.8 Å². The Labute approximate surface area is 188 Å². The number of amides is 1. The molecule has 30 heavy (non-hydrogen) atoms. The van der Waals surface area contributed by atoms with Crippen LogP contribution in [-0.2, 0) is 0 Å². The highest BCUT2D eigenvalue weighted by Gasteiger charge is 2.33. The Morgan fingerprint density at radius 1 is 1.07 bits per heavy atom. The predicted octanol–water partition coefficient (Wildman–Crippen LogP) is 3.04. The lowest BCUT2D eigenvalue weighted by Gasteiger charge is -2.20. The van der Waals surface area contributed by atoms with Crippen molar-refractivity contribution in [2.75, 3.05) is 26.2 Å². The molecule has 1 N–H and O–H groups in total. The lowest BCUT2D eigenvalue weighted by molar-refractivity contribution is 0.0751. The van der Waals surface area contributed by atoms with Crippen LogP contribution in [0.4, 0.5) is 0 Å². The van der Waals surface area contributed by atoms with E-state index in [1.165, 1.54) is 0 Å². The van der Waals surface area contributed by atoms with Gasteiger partial charge < -0.3 is 10.2 Å². The summed E-state index contributed by atoms with van der Waals surface area (Å²) in [5.74, 6) is 1.38. The molecular weight excluding hydrogens is 423 g/mol. The van der Waals surface area contributed by atoms with Gasteiger partial charge in [0.25, 0.3) is 5.91 Å². The third kappa shape index (κ3) is 3.89. The minimum absolute atomic E-state index is 0. The Balaban J connectivity index is 0.00000128. The summed E-state index contributed by atoms with van der Waals surface area (Å²) in [6.45, 7) is 5.67. The number of rotatable bonds is 2. The van der Waals surface area contributed by atoms with Gasteiger partial charge in [0.2, 0.25) is 0 Å². The van der Waals surface area contributed by atoms with Gasteiger partial charge in [-0.05, 0) is 69.0 Å². The molecule has 9 heteroatoms. The van der Waals surface area contributed by atoms with Crippen molar-refractivity contribution in [3.05, 3.63) is 47.9 Å². The molecule has 3 aromatic rings. The highest BCUT2D eigenvalue weighted by Crippen LogP contribution is 2.28. The number of halogens is 2. The van der Waals surface area contributed by atoms with Gasteiger partial charge in [0, 0.05) is 24.7 Å². The van der Waals surface area contributed by atoms with Crippen LogP contribution in [0.3, 0.4) is 0 Å². The molecule has 2 aromatic heterocycles. The lowest BCUT2D eigenvalue weighted by Crippen LogP contribution is -2.33. The molecule has 4 heterocycles. The van der Waals surface area contributed by atoms with Gasteiger partial charge in [0.15, 0.2) is 5.69 Å². The molecule has 2 saturated heterocycles. The lowest BCUT2D eigenvalue weighted by atomic mass is 9.92. The number of hydrogen-bond acceptors (Lipinski definition) is 5. The number of benzene rings is 1. The summed E-state index contributed by atoms with van der Waals surface area (Å²) in [6, 6.07) is 9.84. The molecule has 2 aliphatic heterocycles. The number of carbonyl (C=O) groups excluding carboxylic acids is 1. The molecular formula is C21H26Cl2N6O. The summed E-state index contributed by atoms with van der Waals surface area (Å²) in [7, 11) is 0. The summed E-state index contributed by atoms with van der Waals surface area (Å²) < 4.78 is 1.76. The van der Waals surface area contributed by atoms with E-state index in [4.69, 9.17) is 0 Å². The van der Waals surface area contributed by atoms with Gasteiger partial charge >= 0.3 is 0 Å². The average molecular weight is 449 g/mol. The fraction of sp³-hybridized carbons (Fsp3) is 0.429. The second kappa shape index (κ2) is 9.29. The zero-order valence-electron chi connectivity index (χ0n) is 16.8. The van der Waals surface area contributed by atoms with Crippen molar-refractivity contribution in [2.45, 2.75) is 19.8 Å². The van der Waals surface area contributed by atoms with E-state index in [0.29, 0.717) is 17.5 Å². The normalized spacial score (nSPS) is 20.8. The van der Waals surface area contributed by atoms with E-state index in [1.807, 2.05) is 42.2 Å². The Morgan fingerprint density at radius 2 is 1.80 bits per heavy atom. The maximum Gasteiger partial charge on any atom is 0.276 e. The molecule has 2 fully saturated rings. The van der Waals surface area contributed by atoms with Gasteiger partial charge in [-0.2, -0.15) is 0 Å². The van der Waals surface area contributed by atoms with E-state index in [0.717, 1.165) is 61.3 Å². The maximum absolute atomic E-state index is 13.2. The molecule has 5 rings (SSSR count). The van der Waals surface area contributed by atoms with Crippen LogP contribution < -0.4 is 5.32 Å². The molecule has 0 aliphatic carbocycles. The predicted molar refractivity (Wildman–Crippen MR) is 121 cm³/mol. The first-order valence-corrected chi connectivity index (χ1v) is 9.99. The van der Waals surface area contributed by atoms with Crippen molar-refractivity contribution >= 4 is 41.6 Å². The van der Waals surface area contributed by atoms with Crippen LogP contribution in [0.25, 0.3) is 16.6 Å². The molecule has 2 aliphatic rings. The zero-order chi connectivity index (χ0) is 19.1. The van der Waals surface area contributed by atoms with Gasteiger partial charge in [-0.25, -0.2) is 4.68 Å². The standard InChI is InChI=1S/C21H24N6O.2ClH/c1-14-20(21(28)26-10-7-15-12-22-13-16(15)8-11-26)24-25-27(14)19-6-2-5-18-17(19)4-3-9-23-18;;/h2-6,9,15-16,22H,7-8,10-13H2,1H3;2*1H/t15-,16+;;. The van der Waals surface area contributed by atoms with Crippen LogP contribution >= 0.6 is 24.8 Å². The number of nitrogens with zero attached hydrogens (tertiary/aromatic N) is 5. The van der Waals surface area contributed by atoms with Crippen molar-refractivity contribution in [1.29, 1.82) is 0 Å². The van der Waals surface area contributed by atoms with Crippen LogP contribution in [-0.4, -0.2) is 57.0 Å². The van der Waals surface area contributed by atoms with Crippen molar-refractivity contribution in [3.8, 4) is 5.69 Å². The van der Waals surface area contributed by atoms with Crippen LogP contribution in [0.5, 0.6) is 0 Å². The summed E-state index contributed by atoms with van der Waals surface area (Å²) in [5, 5.41) is 13.1. The Bertz CT molecular complexity index is 1020. The van der Waals surface area contributed by atoms with E-state index in [9.17, 15) is 4.79 Å².